The van der Waals surface area contributed by atoms with Gasteiger partial charge in [-0.15, -0.1) is 0 Å². The molecule has 60 heavy (non-hydrogen) atoms. The number of rotatable bonds is 9. The van der Waals surface area contributed by atoms with E-state index in [1.807, 2.05) is 84.9 Å². The largest absolute Gasteiger partial charge is 0.228 e. The fourth-order valence-electron chi connectivity index (χ4n) is 7.39. The summed E-state index contributed by atoms with van der Waals surface area (Å²) >= 11 is 0. The summed E-state index contributed by atoms with van der Waals surface area (Å²) in [5, 5.41) is 0. The van der Waals surface area contributed by atoms with Gasteiger partial charge in [-0.25, -0.2) is 24.9 Å². The van der Waals surface area contributed by atoms with Crippen LogP contribution in [0.1, 0.15) is 0 Å². The summed E-state index contributed by atoms with van der Waals surface area (Å²) in [6.07, 6.45) is 0. The van der Waals surface area contributed by atoms with Crippen LogP contribution in [-0.2, 0) is 0 Å². The topological polar surface area (TPSA) is 64.5 Å². The van der Waals surface area contributed by atoms with Crippen molar-refractivity contribution in [3.05, 3.63) is 224 Å². The maximum atomic E-state index is 5.07. The molecule has 282 valence electrons. The van der Waals surface area contributed by atoms with E-state index in [1.54, 1.807) is 0 Å². The third-order valence-electron chi connectivity index (χ3n) is 10.6. The first kappa shape index (κ1) is 36.2. The van der Waals surface area contributed by atoms with E-state index in [1.165, 1.54) is 11.1 Å². The lowest BCUT2D eigenvalue weighted by Crippen LogP contribution is -2.00. The smallest absolute Gasteiger partial charge is 0.164 e. The lowest BCUT2D eigenvalue weighted by Gasteiger charge is -2.11. The van der Waals surface area contributed by atoms with Crippen molar-refractivity contribution in [2.24, 2.45) is 0 Å². The molecule has 0 bridgehead atoms. The molecule has 0 fully saturated rings. The van der Waals surface area contributed by atoms with Crippen molar-refractivity contribution in [2.45, 2.75) is 0 Å². The second-order valence-electron chi connectivity index (χ2n) is 14.5. The summed E-state index contributed by atoms with van der Waals surface area (Å²) in [4.78, 5) is 25.0. The highest BCUT2D eigenvalue weighted by Gasteiger charge is 2.15. The Labute approximate surface area is 349 Å². The van der Waals surface area contributed by atoms with Crippen molar-refractivity contribution in [2.75, 3.05) is 0 Å². The van der Waals surface area contributed by atoms with Crippen LogP contribution in [0, 0.1) is 0 Å². The monoisotopic (exact) mass is 767 g/mol. The molecular weight excluding hydrogens is 731 g/mol. The Morgan fingerprint density at radius 3 is 0.900 bits per heavy atom. The number of hydrogen-bond donors (Lipinski definition) is 0. The second kappa shape index (κ2) is 16.4. The summed E-state index contributed by atoms with van der Waals surface area (Å²) in [6.45, 7) is 0. The molecule has 10 rings (SSSR count). The SMILES string of the molecule is c1ccc(-c2ccc(-c3ccc(-c4nc(-c5ccccc5)nc(-c5cccc(-c6ccc(-c7cc(-c8ccccc8)nc(-c8ccccc8)n7)cc6)c5)n4)cc3)cc2)cc1. The molecule has 0 saturated heterocycles. The molecule has 5 heteroatoms. The van der Waals surface area contributed by atoms with E-state index in [-0.39, 0.29) is 0 Å². The van der Waals surface area contributed by atoms with Crippen LogP contribution in [0.2, 0.25) is 0 Å². The van der Waals surface area contributed by atoms with Crippen LogP contribution in [0.3, 0.4) is 0 Å². The van der Waals surface area contributed by atoms with E-state index in [4.69, 9.17) is 24.9 Å². The van der Waals surface area contributed by atoms with Gasteiger partial charge < -0.3 is 0 Å². The zero-order chi connectivity index (χ0) is 40.1. The Hall–Kier alpha value is -8.15. The summed E-state index contributed by atoms with van der Waals surface area (Å²) in [6, 6.07) is 77.1. The number of nitrogens with zero attached hydrogens (tertiary/aromatic N) is 5. The Bertz CT molecular complexity index is 2970. The van der Waals surface area contributed by atoms with Gasteiger partial charge in [0.15, 0.2) is 23.3 Å². The van der Waals surface area contributed by atoms with E-state index in [0.717, 1.165) is 67.0 Å². The Morgan fingerprint density at radius 2 is 0.433 bits per heavy atom. The molecule has 0 aliphatic carbocycles. The molecule has 0 aliphatic rings. The van der Waals surface area contributed by atoms with Crippen LogP contribution in [0.4, 0.5) is 0 Å². The van der Waals surface area contributed by atoms with Crippen LogP contribution in [0.25, 0.3) is 101 Å². The van der Waals surface area contributed by atoms with Crippen LogP contribution >= 0.6 is 0 Å². The van der Waals surface area contributed by atoms with Gasteiger partial charge in [-0.3, -0.25) is 0 Å². The summed E-state index contributed by atoms with van der Waals surface area (Å²) in [7, 11) is 0. The van der Waals surface area contributed by atoms with Gasteiger partial charge in [-0.1, -0.05) is 212 Å². The molecule has 0 aliphatic heterocycles. The van der Waals surface area contributed by atoms with E-state index in [0.29, 0.717) is 23.3 Å². The minimum absolute atomic E-state index is 0.612. The maximum Gasteiger partial charge on any atom is 0.164 e. The standard InChI is InChI=1S/C55H37N5/c1-5-14-38(15-6-1)39-24-26-40(27-25-39)41-30-34-47(35-31-41)54-58-53(46-20-11-4-12-21-46)59-55(60-54)49-23-13-22-48(36-49)42-28-32-44(33-29-42)51-37-50(43-16-7-2-8-17-43)56-52(57-51)45-18-9-3-10-19-45/h1-37H. The molecule has 0 atom stereocenters. The fraction of sp³-hybridized carbons (Fsp3) is 0. The van der Waals surface area contributed by atoms with E-state index < -0.39 is 0 Å². The van der Waals surface area contributed by atoms with Crippen molar-refractivity contribution in [1.82, 2.24) is 24.9 Å². The lowest BCUT2D eigenvalue weighted by molar-refractivity contribution is 1.07. The van der Waals surface area contributed by atoms with Gasteiger partial charge in [0.2, 0.25) is 0 Å². The first-order valence-electron chi connectivity index (χ1n) is 20.0. The molecule has 0 radical (unpaired) electrons. The Balaban J connectivity index is 0.963. The molecule has 5 nitrogen and oxygen atoms in total. The lowest BCUT2D eigenvalue weighted by atomic mass is 9.99. The van der Waals surface area contributed by atoms with Crippen molar-refractivity contribution in [3.63, 3.8) is 0 Å². The normalized spacial score (nSPS) is 11.0. The van der Waals surface area contributed by atoms with Gasteiger partial charge >= 0.3 is 0 Å². The highest BCUT2D eigenvalue weighted by atomic mass is 15.0. The quantitative estimate of drug-likeness (QED) is 0.146. The number of hydrogen-bond acceptors (Lipinski definition) is 5. The van der Waals surface area contributed by atoms with Crippen molar-refractivity contribution >= 4 is 0 Å². The zero-order valence-electron chi connectivity index (χ0n) is 32.6. The first-order chi connectivity index (χ1) is 29.7. The van der Waals surface area contributed by atoms with Crippen LogP contribution in [0.5, 0.6) is 0 Å². The van der Waals surface area contributed by atoms with Crippen LogP contribution in [-0.4, -0.2) is 24.9 Å². The minimum Gasteiger partial charge on any atom is -0.228 e. The predicted molar refractivity (Wildman–Crippen MR) is 244 cm³/mol. The van der Waals surface area contributed by atoms with Gasteiger partial charge in [0, 0.05) is 33.4 Å². The molecule has 8 aromatic carbocycles. The predicted octanol–water partition coefficient (Wildman–Crippen LogP) is 13.7. The van der Waals surface area contributed by atoms with Gasteiger partial charge in [0.1, 0.15) is 0 Å². The van der Waals surface area contributed by atoms with Gasteiger partial charge in [-0.2, -0.15) is 0 Å². The Kier molecular flexibility index (Phi) is 9.88. The molecular formula is C55H37N5. The van der Waals surface area contributed by atoms with E-state index in [9.17, 15) is 0 Å². The third kappa shape index (κ3) is 7.76. The van der Waals surface area contributed by atoms with E-state index >= 15 is 0 Å². The van der Waals surface area contributed by atoms with Crippen LogP contribution < -0.4 is 0 Å². The molecule has 2 heterocycles. The van der Waals surface area contributed by atoms with Crippen LogP contribution in [0.15, 0.2) is 224 Å². The van der Waals surface area contributed by atoms with Crippen molar-refractivity contribution in [1.29, 1.82) is 0 Å². The molecule has 0 unspecified atom stereocenters. The Morgan fingerprint density at radius 1 is 0.167 bits per heavy atom. The zero-order valence-corrected chi connectivity index (χ0v) is 32.6. The molecule has 10 aromatic rings. The molecule has 0 saturated carbocycles. The summed E-state index contributed by atoms with van der Waals surface area (Å²) < 4.78 is 0. The fourth-order valence-corrected chi connectivity index (χ4v) is 7.39. The second-order valence-corrected chi connectivity index (χ2v) is 14.5. The van der Waals surface area contributed by atoms with Gasteiger partial charge in [-0.05, 0) is 45.5 Å². The molecule has 2 aromatic heterocycles. The maximum absolute atomic E-state index is 5.07. The van der Waals surface area contributed by atoms with Crippen molar-refractivity contribution in [3.8, 4) is 101 Å². The molecule has 0 amide bonds. The third-order valence-corrected chi connectivity index (χ3v) is 10.6. The number of aromatic nitrogens is 5. The average molecular weight is 768 g/mol. The highest BCUT2D eigenvalue weighted by Crippen LogP contribution is 2.33. The van der Waals surface area contributed by atoms with Gasteiger partial charge in [0.05, 0.1) is 11.4 Å². The first-order valence-corrected chi connectivity index (χ1v) is 20.0. The molecule has 0 N–H and O–H groups in total. The number of benzene rings is 8. The summed E-state index contributed by atoms with van der Waals surface area (Å²) in [5.74, 6) is 2.55. The van der Waals surface area contributed by atoms with E-state index in [2.05, 4.69) is 140 Å². The highest BCUT2D eigenvalue weighted by molar-refractivity contribution is 5.77. The summed E-state index contributed by atoms with van der Waals surface area (Å²) in [5.41, 5.74) is 14.3. The van der Waals surface area contributed by atoms with Gasteiger partial charge in [0.25, 0.3) is 0 Å². The minimum atomic E-state index is 0.612. The average Bonchev–Trinajstić information content (AvgIpc) is 3.35. The molecule has 0 spiro atoms. The van der Waals surface area contributed by atoms with Crippen molar-refractivity contribution < 1.29 is 0 Å².